The van der Waals surface area contributed by atoms with Crippen LogP contribution in [0, 0.1) is 6.92 Å². The van der Waals surface area contributed by atoms with Gasteiger partial charge in [0.15, 0.2) is 5.11 Å². The van der Waals surface area contributed by atoms with Gasteiger partial charge in [-0.1, -0.05) is 17.7 Å². The summed E-state index contributed by atoms with van der Waals surface area (Å²) in [6, 6.07) is 13.1. The van der Waals surface area contributed by atoms with Crippen LogP contribution < -0.4 is 24.8 Å². The summed E-state index contributed by atoms with van der Waals surface area (Å²) in [6.07, 6.45) is 0.897. The fraction of sp³-hybridized carbons (Fsp3) is 0.300. The summed E-state index contributed by atoms with van der Waals surface area (Å²) in [4.78, 5) is 12.0. The van der Waals surface area contributed by atoms with Gasteiger partial charge in [0.05, 0.1) is 26.5 Å². The lowest BCUT2D eigenvalue weighted by molar-refractivity contribution is -0.119. The van der Waals surface area contributed by atoms with Gasteiger partial charge in [-0.15, -0.1) is 0 Å². The summed E-state index contributed by atoms with van der Waals surface area (Å²) in [7, 11) is 3.13. The highest BCUT2D eigenvalue weighted by Gasteiger charge is 2.09. The number of rotatable bonds is 8. The van der Waals surface area contributed by atoms with Crippen LogP contribution in [0.15, 0.2) is 42.5 Å². The van der Waals surface area contributed by atoms with Gasteiger partial charge in [-0.05, 0) is 49.8 Å². The Hall–Kier alpha value is -2.80. The molecule has 144 valence electrons. The first-order valence-electron chi connectivity index (χ1n) is 8.54. The highest BCUT2D eigenvalue weighted by Crippen LogP contribution is 2.28. The van der Waals surface area contributed by atoms with Crippen LogP contribution >= 0.6 is 12.2 Å². The van der Waals surface area contributed by atoms with Gasteiger partial charge in [-0.3, -0.25) is 4.79 Å². The number of ether oxygens (including phenoxy) is 3. The number of thiocarbonyl (C=S) groups is 1. The molecule has 0 aliphatic carbocycles. The summed E-state index contributed by atoms with van der Waals surface area (Å²) in [6.45, 7) is 2.48. The maximum absolute atomic E-state index is 12.0. The van der Waals surface area contributed by atoms with E-state index in [1.807, 2.05) is 31.2 Å². The zero-order valence-electron chi connectivity index (χ0n) is 15.7. The molecule has 0 heterocycles. The van der Waals surface area contributed by atoms with Crippen LogP contribution in [0.3, 0.4) is 0 Å². The van der Waals surface area contributed by atoms with Crippen molar-refractivity contribution in [1.29, 1.82) is 0 Å². The smallest absolute Gasteiger partial charge is 0.226 e. The second-order valence-corrected chi connectivity index (χ2v) is 6.24. The van der Waals surface area contributed by atoms with Crippen LogP contribution in [-0.4, -0.2) is 31.8 Å². The average Bonchev–Trinajstić information content (AvgIpc) is 2.66. The van der Waals surface area contributed by atoms with E-state index in [-0.39, 0.29) is 11.0 Å². The number of nitrogens with one attached hydrogen (secondary N) is 2. The first-order valence-corrected chi connectivity index (χ1v) is 8.95. The van der Waals surface area contributed by atoms with Crippen molar-refractivity contribution in [3.05, 3.63) is 48.0 Å². The van der Waals surface area contributed by atoms with E-state index >= 15 is 0 Å². The molecule has 0 fully saturated rings. The van der Waals surface area contributed by atoms with Crippen LogP contribution in [0.1, 0.15) is 18.4 Å². The lowest BCUT2D eigenvalue weighted by Gasteiger charge is -2.14. The molecule has 2 aromatic rings. The van der Waals surface area contributed by atoms with E-state index < -0.39 is 0 Å². The van der Waals surface area contributed by atoms with Gasteiger partial charge in [-0.2, -0.15) is 0 Å². The molecule has 6 nitrogen and oxygen atoms in total. The molecule has 0 atom stereocenters. The number of hydrogen-bond donors (Lipinski definition) is 2. The Bertz CT molecular complexity index is 778. The normalized spacial score (nSPS) is 10.0. The molecule has 1 amide bonds. The van der Waals surface area contributed by atoms with Gasteiger partial charge in [0.2, 0.25) is 5.91 Å². The van der Waals surface area contributed by atoms with Crippen molar-refractivity contribution in [1.82, 2.24) is 5.32 Å². The quantitative estimate of drug-likeness (QED) is 0.531. The molecule has 0 unspecified atom stereocenters. The van der Waals surface area contributed by atoms with Gasteiger partial charge < -0.3 is 24.8 Å². The van der Waals surface area contributed by atoms with Crippen molar-refractivity contribution in [3.63, 3.8) is 0 Å². The molecule has 27 heavy (non-hydrogen) atoms. The molecule has 0 aliphatic rings. The van der Waals surface area contributed by atoms with Crippen molar-refractivity contribution in [3.8, 4) is 17.2 Å². The average molecular weight is 388 g/mol. The summed E-state index contributed by atoms with van der Waals surface area (Å²) < 4.78 is 16.1. The molecule has 7 heteroatoms. The Morgan fingerprint density at radius 3 is 2.41 bits per heavy atom. The Morgan fingerprint density at radius 2 is 1.74 bits per heavy atom. The number of carbonyl (C=O) groups is 1. The van der Waals surface area contributed by atoms with Crippen LogP contribution in [0.5, 0.6) is 17.2 Å². The molecule has 2 aromatic carbocycles. The minimum Gasteiger partial charge on any atom is -0.497 e. The molecule has 0 saturated heterocycles. The highest BCUT2D eigenvalue weighted by molar-refractivity contribution is 7.80. The predicted octanol–water partition coefficient (Wildman–Crippen LogP) is 3.68. The minimum absolute atomic E-state index is 0.179. The fourth-order valence-electron chi connectivity index (χ4n) is 2.31. The van der Waals surface area contributed by atoms with Gasteiger partial charge in [0, 0.05) is 12.5 Å². The first-order chi connectivity index (χ1) is 13.0. The maximum atomic E-state index is 12.0. The highest BCUT2D eigenvalue weighted by atomic mass is 32.1. The third kappa shape index (κ3) is 6.79. The molecule has 0 spiro atoms. The molecule has 0 aliphatic heterocycles. The van der Waals surface area contributed by atoms with Crippen LogP contribution in [0.2, 0.25) is 0 Å². The lowest BCUT2D eigenvalue weighted by Crippen LogP contribution is -2.34. The minimum atomic E-state index is -0.179. The van der Waals surface area contributed by atoms with E-state index in [1.165, 1.54) is 5.56 Å². The predicted molar refractivity (Wildman–Crippen MR) is 110 cm³/mol. The summed E-state index contributed by atoms with van der Waals surface area (Å²) in [5, 5.41) is 5.80. The van der Waals surface area contributed by atoms with Crippen molar-refractivity contribution in [2.45, 2.75) is 19.8 Å². The first kappa shape index (κ1) is 20.5. The number of carbonyl (C=O) groups excluding carboxylic acids is 1. The van der Waals surface area contributed by atoms with E-state index in [4.69, 9.17) is 26.4 Å². The van der Waals surface area contributed by atoms with Gasteiger partial charge >= 0.3 is 0 Å². The lowest BCUT2D eigenvalue weighted by atomic mass is 10.2. The third-order valence-electron chi connectivity index (χ3n) is 3.75. The SMILES string of the molecule is COc1ccc(OC)c(NC(=S)NC(=O)CCCOc2ccc(C)cc2)c1. The topological polar surface area (TPSA) is 68.8 Å². The number of amides is 1. The van der Waals surface area contributed by atoms with Gasteiger partial charge in [0.1, 0.15) is 17.2 Å². The van der Waals surface area contributed by atoms with Crippen LogP contribution in [0.25, 0.3) is 0 Å². The van der Waals surface area contributed by atoms with E-state index in [0.717, 1.165) is 5.75 Å². The monoisotopic (exact) mass is 388 g/mol. The zero-order chi connectivity index (χ0) is 19.6. The standard InChI is InChI=1S/C20H24N2O4S/c1-14-6-8-15(9-7-14)26-12-4-5-19(23)22-20(27)21-17-13-16(24-2)10-11-18(17)25-3/h6-11,13H,4-5,12H2,1-3H3,(H2,21,22,23,27). The second-order valence-electron chi connectivity index (χ2n) is 5.83. The number of benzene rings is 2. The summed E-state index contributed by atoms with van der Waals surface area (Å²) >= 11 is 5.20. The molecule has 0 radical (unpaired) electrons. The Labute approximate surface area is 164 Å². The number of hydrogen-bond acceptors (Lipinski definition) is 5. The molecule has 2 rings (SSSR count). The molecule has 0 aromatic heterocycles. The van der Waals surface area contributed by atoms with Crippen LogP contribution in [0.4, 0.5) is 5.69 Å². The Kier molecular flexibility index (Phi) is 7.88. The molecule has 0 saturated carbocycles. The number of anilines is 1. The molecular weight excluding hydrogens is 364 g/mol. The van der Waals surface area contributed by atoms with E-state index in [1.54, 1.807) is 32.4 Å². The molecular formula is C20H24N2O4S. The fourth-order valence-corrected chi connectivity index (χ4v) is 2.54. The van der Waals surface area contributed by atoms with Crippen molar-refractivity contribution >= 4 is 28.9 Å². The third-order valence-corrected chi connectivity index (χ3v) is 3.95. The van der Waals surface area contributed by atoms with Gasteiger partial charge in [-0.25, -0.2) is 0 Å². The second kappa shape index (κ2) is 10.4. The van der Waals surface area contributed by atoms with Crippen LogP contribution in [-0.2, 0) is 4.79 Å². The maximum Gasteiger partial charge on any atom is 0.226 e. The van der Waals surface area contributed by atoms with Gasteiger partial charge in [0.25, 0.3) is 0 Å². The number of aryl methyl sites for hydroxylation is 1. The number of methoxy groups -OCH3 is 2. The Morgan fingerprint density at radius 1 is 1.04 bits per heavy atom. The largest absolute Gasteiger partial charge is 0.497 e. The van der Waals surface area contributed by atoms with Crippen molar-refractivity contribution in [2.75, 3.05) is 26.1 Å². The summed E-state index contributed by atoms with van der Waals surface area (Å²) in [5.41, 5.74) is 1.79. The zero-order valence-corrected chi connectivity index (χ0v) is 16.5. The van der Waals surface area contributed by atoms with Crippen molar-refractivity contribution in [2.24, 2.45) is 0 Å². The molecule has 0 bridgehead atoms. The van der Waals surface area contributed by atoms with Crippen molar-refractivity contribution < 1.29 is 19.0 Å². The van der Waals surface area contributed by atoms with E-state index in [2.05, 4.69) is 10.6 Å². The molecule has 2 N–H and O–H groups in total. The van der Waals surface area contributed by atoms with E-state index in [9.17, 15) is 4.79 Å². The van der Waals surface area contributed by atoms with E-state index in [0.29, 0.717) is 36.6 Å². The Balaban J connectivity index is 1.75. The summed E-state index contributed by atoms with van der Waals surface area (Å²) in [5.74, 6) is 1.87.